The van der Waals surface area contributed by atoms with Crippen molar-refractivity contribution in [3.8, 4) is 17.6 Å². The molecule has 0 saturated carbocycles. The predicted molar refractivity (Wildman–Crippen MR) is 106 cm³/mol. The fourth-order valence-electron chi connectivity index (χ4n) is 2.64. The van der Waals surface area contributed by atoms with E-state index in [0.717, 1.165) is 22.3 Å². The molecule has 0 bridgehead atoms. The molecule has 1 N–H and O–H groups in total. The molecule has 0 saturated heterocycles. The van der Waals surface area contributed by atoms with Crippen LogP contribution in [0.25, 0.3) is 10.9 Å². The Hall–Kier alpha value is -2.97. The molecule has 6 heteroatoms. The lowest BCUT2D eigenvalue weighted by molar-refractivity contribution is 0.332. The molecule has 0 unspecified atom stereocenters. The second-order valence-electron chi connectivity index (χ2n) is 5.32. The maximum absolute atomic E-state index is 9.48. The standard InChI is InChI=1S/C20H19N3O2.ClH/c1-3-24-15-9-10-19(25-4-2)18(11-15)23-20-14(12-21)13-22-17-8-6-5-7-16(17)20;/h5-11,13H,3-4H2,1-2H3,(H,22,23);1H. The second kappa shape index (κ2) is 8.93. The number of hydrogen-bond donors (Lipinski definition) is 1. The van der Waals surface area contributed by atoms with Crippen LogP contribution in [0.1, 0.15) is 19.4 Å². The average Bonchev–Trinajstić information content (AvgIpc) is 2.64. The minimum atomic E-state index is 0. The Morgan fingerprint density at radius 2 is 1.85 bits per heavy atom. The van der Waals surface area contributed by atoms with E-state index in [1.807, 2.05) is 56.3 Å². The number of rotatable bonds is 6. The minimum Gasteiger partial charge on any atom is -0.494 e. The van der Waals surface area contributed by atoms with Crippen LogP contribution >= 0.6 is 12.4 Å². The number of pyridine rings is 1. The summed E-state index contributed by atoms with van der Waals surface area (Å²) in [5.41, 5.74) is 2.76. The number of benzene rings is 2. The van der Waals surface area contributed by atoms with E-state index in [9.17, 15) is 5.26 Å². The quantitative estimate of drug-likeness (QED) is 0.657. The molecule has 0 spiro atoms. The summed E-state index contributed by atoms with van der Waals surface area (Å²) in [5.74, 6) is 1.45. The van der Waals surface area contributed by atoms with E-state index in [-0.39, 0.29) is 12.4 Å². The van der Waals surface area contributed by atoms with E-state index >= 15 is 0 Å². The number of halogens is 1. The lowest BCUT2D eigenvalue weighted by Gasteiger charge is -2.16. The third kappa shape index (κ3) is 3.98. The molecule has 0 fully saturated rings. The van der Waals surface area contributed by atoms with Gasteiger partial charge in [0.1, 0.15) is 17.6 Å². The number of para-hydroxylation sites is 1. The van der Waals surface area contributed by atoms with Gasteiger partial charge < -0.3 is 14.8 Å². The van der Waals surface area contributed by atoms with Crippen molar-refractivity contribution in [2.75, 3.05) is 18.5 Å². The monoisotopic (exact) mass is 369 g/mol. The summed E-state index contributed by atoms with van der Waals surface area (Å²) in [6, 6.07) is 15.5. The van der Waals surface area contributed by atoms with Crippen LogP contribution in [0.5, 0.6) is 11.5 Å². The van der Waals surface area contributed by atoms with Gasteiger partial charge in [-0.05, 0) is 32.0 Å². The van der Waals surface area contributed by atoms with Crippen LogP contribution in [-0.2, 0) is 0 Å². The first kappa shape index (κ1) is 19.4. The van der Waals surface area contributed by atoms with Crippen molar-refractivity contribution < 1.29 is 9.47 Å². The lowest BCUT2D eigenvalue weighted by atomic mass is 10.1. The molecule has 0 aliphatic heterocycles. The third-order valence-electron chi connectivity index (χ3n) is 3.72. The second-order valence-corrected chi connectivity index (χ2v) is 5.32. The Balaban J connectivity index is 0.00000243. The van der Waals surface area contributed by atoms with E-state index in [1.165, 1.54) is 0 Å². The maximum atomic E-state index is 9.48. The Morgan fingerprint density at radius 1 is 1.08 bits per heavy atom. The molecule has 3 aromatic rings. The number of nitrogens with zero attached hydrogens (tertiary/aromatic N) is 2. The molecule has 0 aliphatic carbocycles. The van der Waals surface area contributed by atoms with Crippen LogP contribution in [-0.4, -0.2) is 18.2 Å². The van der Waals surface area contributed by atoms with Gasteiger partial charge in [-0.25, -0.2) is 0 Å². The minimum absolute atomic E-state index is 0. The van der Waals surface area contributed by atoms with Gasteiger partial charge in [0.2, 0.25) is 0 Å². The first-order valence-corrected chi connectivity index (χ1v) is 8.21. The molecule has 26 heavy (non-hydrogen) atoms. The van der Waals surface area contributed by atoms with E-state index in [4.69, 9.17) is 9.47 Å². The molecular formula is C20H20ClN3O2. The van der Waals surface area contributed by atoms with Gasteiger partial charge >= 0.3 is 0 Å². The van der Waals surface area contributed by atoms with Crippen LogP contribution < -0.4 is 14.8 Å². The van der Waals surface area contributed by atoms with Gasteiger partial charge in [-0.15, -0.1) is 12.4 Å². The van der Waals surface area contributed by atoms with Crippen LogP contribution in [0.15, 0.2) is 48.7 Å². The van der Waals surface area contributed by atoms with Crippen molar-refractivity contribution in [2.24, 2.45) is 0 Å². The summed E-state index contributed by atoms with van der Waals surface area (Å²) in [4.78, 5) is 4.34. The van der Waals surface area contributed by atoms with Gasteiger partial charge in [-0.1, -0.05) is 18.2 Å². The maximum Gasteiger partial charge on any atom is 0.142 e. The van der Waals surface area contributed by atoms with Gasteiger partial charge in [0, 0.05) is 17.6 Å². The number of nitriles is 1. The molecule has 0 aliphatic rings. The molecule has 0 atom stereocenters. The number of fused-ring (bicyclic) bond motifs is 1. The Bertz CT molecular complexity index is 938. The van der Waals surface area contributed by atoms with Gasteiger partial charge in [0.05, 0.1) is 35.7 Å². The number of anilines is 2. The van der Waals surface area contributed by atoms with E-state index < -0.39 is 0 Å². The van der Waals surface area contributed by atoms with Crippen molar-refractivity contribution in [3.63, 3.8) is 0 Å². The first-order chi connectivity index (χ1) is 12.3. The third-order valence-corrected chi connectivity index (χ3v) is 3.72. The smallest absolute Gasteiger partial charge is 0.142 e. The zero-order valence-electron chi connectivity index (χ0n) is 14.7. The summed E-state index contributed by atoms with van der Waals surface area (Å²) in [6.07, 6.45) is 1.58. The molecule has 0 amide bonds. The predicted octanol–water partition coefficient (Wildman–Crippen LogP) is 5.07. The van der Waals surface area contributed by atoms with E-state index in [1.54, 1.807) is 6.20 Å². The Kier molecular flexibility index (Phi) is 6.65. The molecular weight excluding hydrogens is 350 g/mol. The molecule has 1 heterocycles. The van der Waals surface area contributed by atoms with Crippen molar-refractivity contribution in [1.29, 1.82) is 5.26 Å². The van der Waals surface area contributed by atoms with E-state index in [2.05, 4.69) is 16.4 Å². The average molecular weight is 370 g/mol. The summed E-state index contributed by atoms with van der Waals surface area (Å²) < 4.78 is 11.3. The summed E-state index contributed by atoms with van der Waals surface area (Å²) in [7, 11) is 0. The summed E-state index contributed by atoms with van der Waals surface area (Å²) in [6.45, 7) is 5.00. The highest BCUT2D eigenvalue weighted by molar-refractivity contribution is 5.96. The lowest BCUT2D eigenvalue weighted by Crippen LogP contribution is -2.02. The largest absolute Gasteiger partial charge is 0.494 e. The van der Waals surface area contributed by atoms with Crippen molar-refractivity contribution in [1.82, 2.24) is 4.98 Å². The van der Waals surface area contributed by atoms with Crippen molar-refractivity contribution in [3.05, 3.63) is 54.2 Å². The molecule has 5 nitrogen and oxygen atoms in total. The number of nitrogens with one attached hydrogen (secondary N) is 1. The zero-order valence-corrected chi connectivity index (χ0v) is 15.5. The number of aromatic nitrogens is 1. The van der Waals surface area contributed by atoms with Crippen LogP contribution in [0, 0.1) is 11.3 Å². The Morgan fingerprint density at radius 3 is 2.58 bits per heavy atom. The van der Waals surface area contributed by atoms with E-state index in [0.29, 0.717) is 30.2 Å². The molecule has 3 rings (SSSR count). The van der Waals surface area contributed by atoms with Gasteiger partial charge in [0.15, 0.2) is 0 Å². The molecule has 1 aromatic heterocycles. The number of ether oxygens (including phenoxy) is 2. The topological polar surface area (TPSA) is 67.2 Å². The van der Waals surface area contributed by atoms with Gasteiger partial charge in [-0.3, -0.25) is 4.98 Å². The zero-order chi connectivity index (χ0) is 17.6. The van der Waals surface area contributed by atoms with Crippen molar-refractivity contribution >= 4 is 34.7 Å². The van der Waals surface area contributed by atoms with Crippen LogP contribution in [0.4, 0.5) is 11.4 Å². The fourth-order valence-corrected chi connectivity index (χ4v) is 2.64. The first-order valence-electron chi connectivity index (χ1n) is 8.21. The summed E-state index contributed by atoms with van der Waals surface area (Å²) in [5, 5.41) is 13.7. The number of hydrogen-bond acceptors (Lipinski definition) is 5. The summed E-state index contributed by atoms with van der Waals surface area (Å²) >= 11 is 0. The van der Waals surface area contributed by atoms with Gasteiger partial charge in [-0.2, -0.15) is 5.26 Å². The molecule has 2 aromatic carbocycles. The van der Waals surface area contributed by atoms with Gasteiger partial charge in [0.25, 0.3) is 0 Å². The highest BCUT2D eigenvalue weighted by atomic mass is 35.5. The molecule has 0 radical (unpaired) electrons. The fraction of sp³-hybridized carbons (Fsp3) is 0.200. The normalized spacial score (nSPS) is 9.88. The van der Waals surface area contributed by atoms with Crippen LogP contribution in [0.3, 0.4) is 0 Å². The molecule has 134 valence electrons. The Labute approximate surface area is 159 Å². The van der Waals surface area contributed by atoms with Crippen molar-refractivity contribution in [2.45, 2.75) is 13.8 Å². The van der Waals surface area contributed by atoms with Crippen LogP contribution in [0.2, 0.25) is 0 Å². The highest BCUT2D eigenvalue weighted by Gasteiger charge is 2.12. The highest BCUT2D eigenvalue weighted by Crippen LogP contribution is 2.35. The SMILES string of the molecule is CCOc1ccc(OCC)c(Nc2c(C#N)cnc3ccccc23)c1.Cl.